The third-order valence-electron chi connectivity index (χ3n) is 3.60. The van der Waals surface area contributed by atoms with E-state index in [2.05, 4.69) is 22.2 Å². The molecular weight excluding hydrogens is 198 g/mol. The molecule has 16 heavy (non-hydrogen) atoms. The van der Waals surface area contributed by atoms with Gasteiger partial charge in [0, 0.05) is 20.1 Å². The number of rotatable bonds is 6. The lowest BCUT2D eigenvalue weighted by molar-refractivity contribution is 0.400. The molecule has 0 saturated heterocycles. The molecule has 0 atom stereocenters. The molecule has 0 aromatic carbocycles. The lowest BCUT2D eigenvalue weighted by Crippen LogP contribution is -2.40. The van der Waals surface area contributed by atoms with E-state index in [-0.39, 0.29) is 0 Å². The van der Waals surface area contributed by atoms with Gasteiger partial charge in [-0.05, 0) is 43.4 Å². The second kappa shape index (κ2) is 5.37. The number of nitrogens with zero attached hydrogens (tertiary/aromatic N) is 1. The van der Waals surface area contributed by atoms with Gasteiger partial charge < -0.3 is 10.6 Å². The Morgan fingerprint density at radius 1 is 1.31 bits per heavy atom. The Kier molecular flexibility index (Phi) is 3.86. The van der Waals surface area contributed by atoms with E-state index in [1.54, 1.807) is 0 Å². The standard InChI is InChI=1S/C13H23N3/c1-3-8-15-13(14-2)16-9-12(10-4-5-10)11-6-7-11/h3,10-12H,1,4-9H2,2H3,(H2,14,15,16). The van der Waals surface area contributed by atoms with Gasteiger partial charge in [-0.15, -0.1) is 6.58 Å². The molecule has 3 heteroatoms. The zero-order valence-electron chi connectivity index (χ0n) is 10.2. The number of guanidine groups is 1. The number of nitrogens with one attached hydrogen (secondary N) is 2. The van der Waals surface area contributed by atoms with Crippen molar-refractivity contribution in [3.63, 3.8) is 0 Å². The van der Waals surface area contributed by atoms with Crippen LogP contribution in [0.5, 0.6) is 0 Å². The summed E-state index contributed by atoms with van der Waals surface area (Å²) < 4.78 is 0. The first-order valence-electron chi connectivity index (χ1n) is 6.40. The van der Waals surface area contributed by atoms with Crippen molar-refractivity contribution in [3.05, 3.63) is 12.7 Å². The van der Waals surface area contributed by atoms with Crippen LogP contribution in [0.1, 0.15) is 25.7 Å². The zero-order valence-corrected chi connectivity index (χ0v) is 10.2. The van der Waals surface area contributed by atoms with E-state index in [0.29, 0.717) is 0 Å². The van der Waals surface area contributed by atoms with E-state index < -0.39 is 0 Å². The van der Waals surface area contributed by atoms with Crippen LogP contribution in [0, 0.1) is 17.8 Å². The maximum Gasteiger partial charge on any atom is 0.191 e. The maximum atomic E-state index is 4.20. The van der Waals surface area contributed by atoms with Crippen LogP contribution in [0.4, 0.5) is 0 Å². The highest BCUT2D eigenvalue weighted by Crippen LogP contribution is 2.48. The van der Waals surface area contributed by atoms with Crippen LogP contribution in [0.15, 0.2) is 17.6 Å². The molecule has 2 N–H and O–H groups in total. The van der Waals surface area contributed by atoms with E-state index in [9.17, 15) is 0 Å². The molecule has 2 aliphatic carbocycles. The Bertz CT molecular complexity index is 252. The first-order chi connectivity index (χ1) is 7.85. The maximum absolute atomic E-state index is 4.20. The predicted molar refractivity (Wildman–Crippen MR) is 68.5 cm³/mol. The molecule has 0 bridgehead atoms. The largest absolute Gasteiger partial charge is 0.356 e. The van der Waals surface area contributed by atoms with Gasteiger partial charge in [0.25, 0.3) is 0 Å². The Balaban J connectivity index is 1.72. The Morgan fingerprint density at radius 3 is 2.38 bits per heavy atom. The summed E-state index contributed by atoms with van der Waals surface area (Å²) >= 11 is 0. The van der Waals surface area contributed by atoms with Crippen LogP contribution in [-0.2, 0) is 0 Å². The summed E-state index contributed by atoms with van der Waals surface area (Å²) in [4.78, 5) is 4.20. The van der Waals surface area contributed by atoms with Crippen LogP contribution in [0.3, 0.4) is 0 Å². The van der Waals surface area contributed by atoms with Gasteiger partial charge in [0.2, 0.25) is 0 Å². The lowest BCUT2D eigenvalue weighted by atomic mass is 9.98. The third kappa shape index (κ3) is 3.26. The molecule has 2 aliphatic rings. The summed E-state index contributed by atoms with van der Waals surface area (Å²) in [7, 11) is 1.82. The average Bonchev–Trinajstić information content (AvgIpc) is 3.16. The van der Waals surface area contributed by atoms with Gasteiger partial charge in [0.05, 0.1) is 0 Å². The summed E-state index contributed by atoms with van der Waals surface area (Å²) in [5.41, 5.74) is 0. The van der Waals surface area contributed by atoms with Crippen molar-refractivity contribution in [3.8, 4) is 0 Å². The van der Waals surface area contributed by atoms with Crippen molar-refractivity contribution in [2.75, 3.05) is 20.1 Å². The molecule has 0 aromatic rings. The zero-order chi connectivity index (χ0) is 11.4. The smallest absolute Gasteiger partial charge is 0.191 e. The Morgan fingerprint density at radius 2 is 1.94 bits per heavy atom. The number of hydrogen-bond acceptors (Lipinski definition) is 1. The summed E-state index contributed by atoms with van der Waals surface area (Å²) in [6.45, 7) is 5.56. The quantitative estimate of drug-likeness (QED) is 0.407. The van der Waals surface area contributed by atoms with E-state index in [1.807, 2.05) is 13.1 Å². The van der Waals surface area contributed by atoms with Gasteiger partial charge >= 0.3 is 0 Å². The molecule has 0 amide bonds. The first kappa shape index (κ1) is 11.5. The predicted octanol–water partition coefficient (Wildman–Crippen LogP) is 1.77. The highest BCUT2D eigenvalue weighted by Gasteiger charge is 2.41. The van der Waals surface area contributed by atoms with Crippen LogP contribution in [-0.4, -0.2) is 26.1 Å². The van der Waals surface area contributed by atoms with E-state index >= 15 is 0 Å². The van der Waals surface area contributed by atoms with E-state index in [0.717, 1.165) is 36.8 Å². The Labute approximate surface area is 98.4 Å². The fraction of sp³-hybridized carbons (Fsp3) is 0.769. The van der Waals surface area contributed by atoms with Crippen molar-refractivity contribution in [2.45, 2.75) is 25.7 Å². The molecule has 0 spiro atoms. The van der Waals surface area contributed by atoms with Crippen molar-refractivity contribution in [1.29, 1.82) is 0 Å². The van der Waals surface area contributed by atoms with Crippen LogP contribution < -0.4 is 10.6 Å². The van der Waals surface area contributed by atoms with Crippen LogP contribution in [0.2, 0.25) is 0 Å². The van der Waals surface area contributed by atoms with Crippen LogP contribution >= 0.6 is 0 Å². The third-order valence-corrected chi connectivity index (χ3v) is 3.60. The van der Waals surface area contributed by atoms with Crippen molar-refractivity contribution in [2.24, 2.45) is 22.7 Å². The van der Waals surface area contributed by atoms with Crippen LogP contribution in [0.25, 0.3) is 0 Å². The van der Waals surface area contributed by atoms with E-state index in [1.165, 1.54) is 25.7 Å². The van der Waals surface area contributed by atoms with Gasteiger partial charge in [0.15, 0.2) is 5.96 Å². The number of hydrogen-bond donors (Lipinski definition) is 2. The van der Waals surface area contributed by atoms with Gasteiger partial charge in [-0.3, -0.25) is 4.99 Å². The molecule has 0 radical (unpaired) electrons. The van der Waals surface area contributed by atoms with E-state index in [4.69, 9.17) is 0 Å². The average molecular weight is 221 g/mol. The first-order valence-corrected chi connectivity index (χ1v) is 6.40. The summed E-state index contributed by atoms with van der Waals surface area (Å²) in [5.74, 6) is 3.79. The molecule has 2 rings (SSSR count). The molecule has 0 heterocycles. The summed E-state index contributed by atoms with van der Waals surface area (Å²) in [6.07, 6.45) is 7.64. The fourth-order valence-corrected chi connectivity index (χ4v) is 2.37. The molecule has 3 nitrogen and oxygen atoms in total. The Hall–Kier alpha value is -0.990. The molecule has 90 valence electrons. The molecule has 0 unspecified atom stereocenters. The fourth-order valence-electron chi connectivity index (χ4n) is 2.37. The number of aliphatic imine (C=N–C) groups is 1. The minimum Gasteiger partial charge on any atom is -0.356 e. The second-order valence-electron chi connectivity index (χ2n) is 4.96. The molecule has 2 fully saturated rings. The highest BCUT2D eigenvalue weighted by atomic mass is 15.2. The van der Waals surface area contributed by atoms with Gasteiger partial charge in [-0.25, -0.2) is 0 Å². The van der Waals surface area contributed by atoms with Crippen molar-refractivity contribution >= 4 is 5.96 Å². The SMILES string of the molecule is C=CCNC(=NC)NCC(C1CC1)C1CC1. The normalized spacial score (nSPS) is 21.0. The summed E-state index contributed by atoms with van der Waals surface area (Å²) in [5, 5.41) is 6.65. The van der Waals surface area contributed by atoms with Gasteiger partial charge in [0.1, 0.15) is 0 Å². The minimum atomic E-state index is 0.775. The minimum absolute atomic E-state index is 0.775. The monoisotopic (exact) mass is 221 g/mol. The van der Waals surface area contributed by atoms with Crippen molar-refractivity contribution < 1.29 is 0 Å². The highest BCUT2D eigenvalue weighted by molar-refractivity contribution is 5.79. The molecule has 0 aromatic heterocycles. The van der Waals surface area contributed by atoms with Crippen molar-refractivity contribution in [1.82, 2.24) is 10.6 Å². The summed E-state index contributed by atoms with van der Waals surface area (Å²) in [6, 6.07) is 0. The second-order valence-corrected chi connectivity index (χ2v) is 4.96. The lowest BCUT2D eigenvalue weighted by Gasteiger charge is -2.18. The molecular formula is C13H23N3. The van der Waals surface area contributed by atoms with Gasteiger partial charge in [-0.1, -0.05) is 6.08 Å². The van der Waals surface area contributed by atoms with Gasteiger partial charge in [-0.2, -0.15) is 0 Å². The molecule has 2 saturated carbocycles. The topological polar surface area (TPSA) is 36.4 Å². The molecule has 0 aliphatic heterocycles.